The lowest BCUT2D eigenvalue weighted by Gasteiger charge is -2.21. The lowest BCUT2D eigenvalue weighted by molar-refractivity contribution is 0.285. The van der Waals surface area contributed by atoms with E-state index in [4.69, 9.17) is 0 Å². The van der Waals surface area contributed by atoms with E-state index in [0.29, 0.717) is 5.92 Å². The van der Waals surface area contributed by atoms with Crippen molar-refractivity contribution in [3.63, 3.8) is 0 Å². The normalized spacial score (nSPS) is 11.1. The first-order chi connectivity index (χ1) is 10.6. The molecule has 0 amide bonds. The van der Waals surface area contributed by atoms with Crippen LogP contribution in [0.1, 0.15) is 42.3 Å². The van der Waals surface area contributed by atoms with Crippen molar-refractivity contribution in [2.24, 2.45) is 0 Å². The van der Waals surface area contributed by atoms with E-state index in [9.17, 15) is 0 Å². The lowest BCUT2D eigenvalue weighted by atomic mass is 10.1. The molecule has 0 saturated heterocycles. The van der Waals surface area contributed by atoms with Gasteiger partial charge in [-0.15, -0.1) is 6.58 Å². The summed E-state index contributed by atoms with van der Waals surface area (Å²) in [7, 11) is 0. The Morgan fingerprint density at radius 1 is 1.05 bits per heavy atom. The van der Waals surface area contributed by atoms with E-state index in [1.165, 1.54) is 11.1 Å². The van der Waals surface area contributed by atoms with Gasteiger partial charge >= 0.3 is 0 Å². The van der Waals surface area contributed by atoms with Crippen LogP contribution in [0.4, 0.5) is 0 Å². The Hall–Kier alpha value is -2.00. The van der Waals surface area contributed by atoms with Gasteiger partial charge in [0, 0.05) is 43.5 Å². The molecule has 3 nitrogen and oxygen atoms in total. The van der Waals surface area contributed by atoms with Gasteiger partial charge in [-0.3, -0.25) is 4.90 Å². The van der Waals surface area contributed by atoms with Gasteiger partial charge in [-0.2, -0.15) is 0 Å². The summed E-state index contributed by atoms with van der Waals surface area (Å²) < 4.78 is 0. The minimum atomic E-state index is 0.367. The number of aryl methyl sites for hydroxylation is 1. The number of hydrogen-bond donors (Lipinski definition) is 0. The summed E-state index contributed by atoms with van der Waals surface area (Å²) in [4.78, 5) is 11.2. The Balaban J connectivity index is 2.04. The van der Waals surface area contributed by atoms with Crippen molar-refractivity contribution in [2.75, 3.05) is 6.54 Å². The second-order valence-electron chi connectivity index (χ2n) is 6.05. The van der Waals surface area contributed by atoms with Crippen LogP contribution in [0.25, 0.3) is 0 Å². The largest absolute Gasteiger partial charge is 0.291 e. The standard InChI is InChI=1S/C19H25N3/c1-5-10-22(13-17-8-6-16(4)7-9-17)14-18-11-20-19(15(2)3)21-12-18/h5-9,11-12,15H,1,10,13-14H2,2-4H3. The predicted molar refractivity (Wildman–Crippen MR) is 91.6 cm³/mol. The number of aromatic nitrogens is 2. The van der Waals surface area contributed by atoms with Crippen LogP contribution in [0.15, 0.2) is 49.3 Å². The van der Waals surface area contributed by atoms with Gasteiger partial charge in [-0.05, 0) is 12.5 Å². The van der Waals surface area contributed by atoms with Crippen molar-refractivity contribution in [1.29, 1.82) is 0 Å². The minimum absolute atomic E-state index is 0.367. The highest BCUT2D eigenvalue weighted by atomic mass is 15.1. The molecule has 2 aromatic rings. The van der Waals surface area contributed by atoms with Gasteiger partial charge in [0.15, 0.2) is 0 Å². The molecule has 0 atom stereocenters. The Bertz CT molecular complexity index is 585. The molecule has 0 fully saturated rings. The maximum absolute atomic E-state index is 4.45. The topological polar surface area (TPSA) is 29.0 Å². The molecule has 2 rings (SSSR count). The first-order valence-corrected chi connectivity index (χ1v) is 7.78. The summed E-state index contributed by atoms with van der Waals surface area (Å²) >= 11 is 0. The molecule has 1 aromatic heterocycles. The van der Waals surface area contributed by atoms with E-state index in [2.05, 4.69) is 66.5 Å². The third kappa shape index (κ3) is 4.78. The zero-order valence-electron chi connectivity index (χ0n) is 13.8. The van der Waals surface area contributed by atoms with Crippen molar-refractivity contribution in [3.8, 4) is 0 Å². The van der Waals surface area contributed by atoms with Crippen LogP contribution in [0, 0.1) is 6.92 Å². The SMILES string of the molecule is C=CCN(Cc1ccc(C)cc1)Cc1cnc(C(C)C)nc1. The quantitative estimate of drug-likeness (QED) is 0.720. The molecule has 1 heterocycles. The van der Waals surface area contributed by atoms with Gasteiger partial charge in [0.1, 0.15) is 5.82 Å². The van der Waals surface area contributed by atoms with Crippen LogP contribution in [0.3, 0.4) is 0 Å². The van der Waals surface area contributed by atoms with Gasteiger partial charge in [-0.25, -0.2) is 9.97 Å². The second-order valence-corrected chi connectivity index (χ2v) is 6.05. The third-order valence-electron chi connectivity index (χ3n) is 3.56. The number of benzene rings is 1. The molecule has 3 heteroatoms. The summed E-state index contributed by atoms with van der Waals surface area (Å²) in [5.41, 5.74) is 3.74. The second kappa shape index (κ2) is 7.85. The third-order valence-corrected chi connectivity index (χ3v) is 3.56. The predicted octanol–water partition coefficient (Wildman–Crippen LogP) is 4.10. The molecular weight excluding hydrogens is 270 g/mol. The van der Waals surface area contributed by atoms with E-state index in [1.54, 1.807) is 0 Å². The van der Waals surface area contributed by atoms with Crippen molar-refractivity contribution in [3.05, 3.63) is 71.8 Å². The monoisotopic (exact) mass is 295 g/mol. The number of hydrogen-bond acceptors (Lipinski definition) is 3. The molecule has 0 aliphatic heterocycles. The van der Waals surface area contributed by atoms with Gasteiger partial charge in [0.05, 0.1) is 0 Å². The Kier molecular flexibility index (Phi) is 5.84. The summed E-state index contributed by atoms with van der Waals surface area (Å²) in [6, 6.07) is 8.68. The molecule has 0 unspecified atom stereocenters. The molecule has 0 N–H and O–H groups in total. The van der Waals surface area contributed by atoms with Crippen LogP contribution in [0.2, 0.25) is 0 Å². The fraction of sp³-hybridized carbons (Fsp3) is 0.368. The average Bonchev–Trinajstić information content (AvgIpc) is 2.50. The molecule has 0 saturated carbocycles. The molecule has 0 bridgehead atoms. The zero-order chi connectivity index (χ0) is 15.9. The van der Waals surface area contributed by atoms with E-state index in [0.717, 1.165) is 31.0 Å². The highest BCUT2D eigenvalue weighted by Gasteiger charge is 2.08. The molecule has 0 aliphatic rings. The van der Waals surface area contributed by atoms with Crippen molar-refractivity contribution in [1.82, 2.24) is 14.9 Å². The maximum Gasteiger partial charge on any atom is 0.130 e. The van der Waals surface area contributed by atoms with Gasteiger partial charge < -0.3 is 0 Å². The smallest absolute Gasteiger partial charge is 0.130 e. The zero-order valence-corrected chi connectivity index (χ0v) is 13.8. The lowest BCUT2D eigenvalue weighted by Crippen LogP contribution is -2.23. The van der Waals surface area contributed by atoms with Crippen LogP contribution < -0.4 is 0 Å². The van der Waals surface area contributed by atoms with E-state index in [1.807, 2.05) is 18.5 Å². The molecule has 0 aliphatic carbocycles. The highest BCUT2D eigenvalue weighted by molar-refractivity contribution is 5.21. The number of rotatable bonds is 7. The first-order valence-electron chi connectivity index (χ1n) is 7.78. The Morgan fingerprint density at radius 3 is 2.18 bits per heavy atom. The molecular formula is C19H25N3. The van der Waals surface area contributed by atoms with Crippen LogP contribution in [0.5, 0.6) is 0 Å². The van der Waals surface area contributed by atoms with E-state index >= 15 is 0 Å². The fourth-order valence-electron chi connectivity index (χ4n) is 2.32. The van der Waals surface area contributed by atoms with Crippen molar-refractivity contribution < 1.29 is 0 Å². The summed E-state index contributed by atoms with van der Waals surface area (Å²) in [6.45, 7) is 12.8. The maximum atomic E-state index is 4.45. The molecule has 1 aromatic carbocycles. The van der Waals surface area contributed by atoms with Crippen molar-refractivity contribution in [2.45, 2.75) is 39.8 Å². The summed E-state index contributed by atoms with van der Waals surface area (Å²) in [6.07, 6.45) is 5.82. The van der Waals surface area contributed by atoms with Crippen LogP contribution in [-0.4, -0.2) is 21.4 Å². The van der Waals surface area contributed by atoms with Gasteiger partial charge in [0.25, 0.3) is 0 Å². The summed E-state index contributed by atoms with van der Waals surface area (Å²) in [5.74, 6) is 1.27. The molecule has 22 heavy (non-hydrogen) atoms. The first kappa shape index (κ1) is 16.4. The van der Waals surface area contributed by atoms with E-state index in [-0.39, 0.29) is 0 Å². The fourth-order valence-corrected chi connectivity index (χ4v) is 2.32. The molecule has 0 radical (unpaired) electrons. The minimum Gasteiger partial charge on any atom is -0.291 e. The molecule has 0 spiro atoms. The number of nitrogens with zero attached hydrogens (tertiary/aromatic N) is 3. The van der Waals surface area contributed by atoms with E-state index < -0.39 is 0 Å². The Morgan fingerprint density at radius 2 is 1.64 bits per heavy atom. The summed E-state index contributed by atoms with van der Waals surface area (Å²) in [5, 5.41) is 0. The van der Waals surface area contributed by atoms with Crippen LogP contribution in [-0.2, 0) is 13.1 Å². The Labute approximate surface area is 133 Å². The van der Waals surface area contributed by atoms with Gasteiger partial charge in [-0.1, -0.05) is 49.8 Å². The van der Waals surface area contributed by atoms with Gasteiger partial charge in [0.2, 0.25) is 0 Å². The molecule has 116 valence electrons. The average molecular weight is 295 g/mol. The van der Waals surface area contributed by atoms with Crippen molar-refractivity contribution >= 4 is 0 Å². The van der Waals surface area contributed by atoms with Crippen LogP contribution >= 0.6 is 0 Å². The highest BCUT2D eigenvalue weighted by Crippen LogP contribution is 2.12.